The molecule has 0 saturated heterocycles. The summed E-state index contributed by atoms with van der Waals surface area (Å²) in [5, 5.41) is 3.35. The molecule has 21 heavy (non-hydrogen) atoms. The highest BCUT2D eigenvalue weighted by Gasteiger charge is 2.15. The molecule has 0 spiro atoms. The first kappa shape index (κ1) is 14.0. The fourth-order valence-electron chi connectivity index (χ4n) is 1.98. The summed E-state index contributed by atoms with van der Waals surface area (Å²) in [7, 11) is 0. The summed E-state index contributed by atoms with van der Waals surface area (Å²) in [4.78, 5) is 16.5. The third-order valence-electron chi connectivity index (χ3n) is 3.01. The van der Waals surface area contributed by atoms with E-state index in [-0.39, 0.29) is 5.56 Å². The van der Waals surface area contributed by atoms with Crippen molar-refractivity contribution in [3.05, 3.63) is 58.4 Å². The number of anilines is 1. The third-order valence-corrected chi connectivity index (χ3v) is 4.19. The van der Waals surface area contributed by atoms with Crippen LogP contribution in [0.25, 0.3) is 10.2 Å². The standard InChI is InChI=1S/C15H10ClFN2OS/c1-8-3-2-4-12-13(8)18-15(21-12)19-14(20)10-7-9(16)5-6-11(10)17/h2-7H,1H3,(H,18,19,20). The number of aryl methyl sites for hydroxylation is 1. The summed E-state index contributed by atoms with van der Waals surface area (Å²) in [6.45, 7) is 1.95. The van der Waals surface area contributed by atoms with Gasteiger partial charge in [0.25, 0.3) is 5.91 Å². The number of nitrogens with one attached hydrogen (secondary N) is 1. The summed E-state index contributed by atoms with van der Waals surface area (Å²) in [6.07, 6.45) is 0. The largest absolute Gasteiger partial charge is 0.298 e. The average Bonchev–Trinajstić information content (AvgIpc) is 2.85. The van der Waals surface area contributed by atoms with E-state index in [0.29, 0.717) is 10.2 Å². The number of hydrogen-bond donors (Lipinski definition) is 1. The van der Waals surface area contributed by atoms with Crippen molar-refractivity contribution in [2.45, 2.75) is 6.92 Å². The lowest BCUT2D eigenvalue weighted by atomic mass is 10.2. The van der Waals surface area contributed by atoms with Crippen LogP contribution < -0.4 is 5.32 Å². The van der Waals surface area contributed by atoms with Gasteiger partial charge in [0.15, 0.2) is 5.13 Å². The second-order valence-corrected chi connectivity index (χ2v) is 5.99. The molecule has 0 radical (unpaired) electrons. The number of fused-ring (bicyclic) bond motifs is 1. The van der Waals surface area contributed by atoms with Crippen molar-refractivity contribution in [2.75, 3.05) is 5.32 Å². The molecule has 1 amide bonds. The molecular weight excluding hydrogens is 311 g/mol. The summed E-state index contributed by atoms with van der Waals surface area (Å²) in [5.74, 6) is -1.18. The van der Waals surface area contributed by atoms with Gasteiger partial charge in [-0.15, -0.1) is 0 Å². The van der Waals surface area contributed by atoms with Crippen molar-refractivity contribution in [3.8, 4) is 0 Å². The van der Waals surface area contributed by atoms with Gasteiger partial charge in [0, 0.05) is 5.02 Å². The van der Waals surface area contributed by atoms with Crippen molar-refractivity contribution >= 4 is 44.2 Å². The fourth-order valence-corrected chi connectivity index (χ4v) is 3.09. The number of rotatable bonds is 2. The van der Waals surface area contributed by atoms with E-state index in [2.05, 4.69) is 10.3 Å². The van der Waals surface area contributed by atoms with E-state index in [9.17, 15) is 9.18 Å². The van der Waals surface area contributed by atoms with Crippen LogP contribution in [-0.4, -0.2) is 10.9 Å². The Hall–Kier alpha value is -1.98. The second-order valence-electron chi connectivity index (χ2n) is 4.52. The molecule has 1 aromatic heterocycles. The zero-order chi connectivity index (χ0) is 15.0. The maximum atomic E-state index is 13.7. The normalized spacial score (nSPS) is 10.8. The van der Waals surface area contributed by atoms with Gasteiger partial charge in [-0.3, -0.25) is 10.1 Å². The molecule has 0 atom stereocenters. The lowest BCUT2D eigenvalue weighted by Gasteiger charge is -2.03. The first-order valence-electron chi connectivity index (χ1n) is 6.17. The van der Waals surface area contributed by atoms with E-state index in [4.69, 9.17) is 11.6 Å². The number of carbonyl (C=O) groups excluding carboxylic acids is 1. The van der Waals surface area contributed by atoms with Crippen molar-refractivity contribution in [1.82, 2.24) is 4.98 Å². The topological polar surface area (TPSA) is 42.0 Å². The summed E-state index contributed by atoms with van der Waals surface area (Å²) in [6, 6.07) is 9.66. The monoisotopic (exact) mass is 320 g/mol. The fraction of sp³-hybridized carbons (Fsp3) is 0.0667. The number of carbonyl (C=O) groups is 1. The Morgan fingerprint density at radius 1 is 1.33 bits per heavy atom. The van der Waals surface area contributed by atoms with Gasteiger partial charge in [0.2, 0.25) is 0 Å². The summed E-state index contributed by atoms with van der Waals surface area (Å²) < 4.78 is 14.6. The predicted molar refractivity (Wildman–Crippen MR) is 83.7 cm³/mol. The summed E-state index contributed by atoms with van der Waals surface area (Å²) in [5.41, 5.74) is 1.76. The number of halogens is 2. The molecule has 1 heterocycles. The number of amides is 1. The molecule has 0 bridgehead atoms. The van der Waals surface area contributed by atoms with Crippen LogP contribution in [0.4, 0.5) is 9.52 Å². The van der Waals surface area contributed by atoms with Crippen LogP contribution in [0.2, 0.25) is 5.02 Å². The Kier molecular flexibility index (Phi) is 3.61. The second kappa shape index (κ2) is 5.42. The number of hydrogen-bond acceptors (Lipinski definition) is 3. The van der Waals surface area contributed by atoms with Crippen LogP contribution in [0.3, 0.4) is 0 Å². The van der Waals surface area contributed by atoms with Crippen LogP contribution in [0.15, 0.2) is 36.4 Å². The molecule has 1 N–H and O–H groups in total. The minimum atomic E-state index is -0.616. The van der Waals surface area contributed by atoms with Crippen molar-refractivity contribution in [3.63, 3.8) is 0 Å². The Morgan fingerprint density at radius 2 is 2.14 bits per heavy atom. The number of thiazole rings is 1. The van der Waals surface area contributed by atoms with Gasteiger partial charge in [-0.1, -0.05) is 35.1 Å². The number of nitrogens with zero attached hydrogens (tertiary/aromatic N) is 1. The minimum absolute atomic E-state index is 0.0986. The van der Waals surface area contributed by atoms with E-state index < -0.39 is 11.7 Å². The van der Waals surface area contributed by atoms with Gasteiger partial charge < -0.3 is 0 Å². The highest BCUT2D eigenvalue weighted by atomic mass is 35.5. The van der Waals surface area contributed by atoms with Crippen molar-refractivity contribution in [1.29, 1.82) is 0 Å². The van der Waals surface area contributed by atoms with Gasteiger partial charge in [-0.25, -0.2) is 9.37 Å². The van der Waals surface area contributed by atoms with E-state index in [1.165, 1.54) is 29.5 Å². The Balaban J connectivity index is 1.93. The molecule has 0 fully saturated rings. The molecule has 0 aliphatic carbocycles. The van der Waals surface area contributed by atoms with Crippen molar-refractivity contribution < 1.29 is 9.18 Å². The van der Waals surface area contributed by atoms with E-state index in [1.807, 2.05) is 25.1 Å². The molecule has 3 nitrogen and oxygen atoms in total. The Morgan fingerprint density at radius 3 is 2.90 bits per heavy atom. The molecule has 0 unspecified atom stereocenters. The third kappa shape index (κ3) is 2.75. The SMILES string of the molecule is Cc1cccc2sc(NC(=O)c3cc(Cl)ccc3F)nc12. The maximum absolute atomic E-state index is 13.7. The van der Waals surface area contributed by atoms with Crippen LogP contribution >= 0.6 is 22.9 Å². The summed E-state index contributed by atoms with van der Waals surface area (Å²) >= 11 is 7.14. The molecule has 0 aliphatic heterocycles. The molecule has 0 saturated carbocycles. The first-order valence-corrected chi connectivity index (χ1v) is 7.36. The van der Waals surface area contributed by atoms with Gasteiger partial charge in [-0.2, -0.15) is 0 Å². The molecule has 6 heteroatoms. The molecule has 2 aromatic carbocycles. The van der Waals surface area contributed by atoms with Gasteiger partial charge in [-0.05, 0) is 36.8 Å². The average molecular weight is 321 g/mol. The Labute approximate surface area is 129 Å². The van der Waals surface area contributed by atoms with Crippen LogP contribution in [0, 0.1) is 12.7 Å². The quantitative estimate of drug-likeness (QED) is 0.746. The van der Waals surface area contributed by atoms with Gasteiger partial charge >= 0.3 is 0 Å². The maximum Gasteiger partial charge on any atom is 0.260 e. The van der Waals surface area contributed by atoms with Crippen LogP contribution in [0.5, 0.6) is 0 Å². The lowest BCUT2D eigenvalue weighted by molar-refractivity contribution is 0.102. The number of benzene rings is 2. The van der Waals surface area contributed by atoms with E-state index in [0.717, 1.165) is 15.8 Å². The molecular formula is C15H10ClFN2OS. The van der Waals surface area contributed by atoms with Crippen molar-refractivity contribution in [2.24, 2.45) is 0 Å². The smallest absolute Gasteiger partial charge is 0.260 e. The van der Waals surface area contributed by atoms with Gasteiger partial charge in [0.05, 0.1) is 15.8 Å². The zero-order valence-corrected chi connectivity index (χ0v) is 12.6. The molecule has 3 rings (SSSR count). The van der Waals surface area contributed by atoms with E-state index >= 15 is 0 Å². The molecule has 3 aromatic rings. The highest BCUT2D eigenvalue weighted by Crippen LogP contribution is 2.28. The Bertz CT molecular complexity index is 847. The minimum Gasteiger partial charge on any atom is -0.298 e. The number of para-hydroxylation sites is 1. The molecule has 106 valence electrons. The highest BCUT2D eigenvalue weighted by molar-refractivity contribution is 7.22. The lowest BCUT2D eigenvalue weighted by Crippen LogP contribution is -2.13. The zero-order valence-electron chi connectivity index (χ0n) is 11.0. The van der Waals surface area contributed by atoms with Gasteiger partial charge in [0.1, 0.15) is 5.82 Å². The predicted octanol–water partition coefficient (Wildman–Crippen LogP) is 4.65. The van der Waals surface area contributed by atoms with Crippen LogP contribution in [0.1, 0.15) is 15.9 Å². The molecule has 0 aliphatic rings. The first-order chi connectivity index (χ1) is 10.0. The van der Waals surface area contributed by atoms with E-state index in [1.54, 1.807) is 0 Å². The van der Waals surface area contributed by atoms with Crippen LogP contribution in [-0.2, 0) is 0 Å². The number of aromatic nitrogens is 1.